The summed E-state index contributed by atoms with van der Waals surface area (Å²) in [6.07, 6.45) is 3.12. The fourth-order valence-electron chi connectivity index (χ4n) is 3.15. The molecular formula is C15H16BrNO3. The number of carbonyl (C=O) groups is 2. The van der Waals surface area contributed by atoms with Gasteiger partial charge in [0.25, 0.3) is 0 Å². The van der Waals surface area contributed by atoms with Gasteiger partial charge >= 0.3 is 5.97 Å². The fraction of sp³-hybridized carbons (Fsp3) is 0.467. The van der Waals surface area contributed by atoms with Crippen LogP contribution in [0.15, 0.2) is 22.7 Å². The zero-order valence-electron chi connectivity index (χ0n) is 10.9. The lowest BCUT2D eigenvalue weighted by Crippen LogP contribution is -2.44. The van der Waals surface area contributed by atoms with Crippen LogP contribution in [0.25, 0.3) is 0 Å². The molecule has 4 nitrogen and oxygen atoms in total. The van der Waals surface area contributed by atoms with Crippen molar-refractivity contribution in [1.82, 2.24) is 5.32 Å². The van der Waals surface area contributed by atoms with E-state index in [-0.39, 0.29) is 17.9 Å². The van der Waals surface area contributed by atoms with Crippen LogP contribution in [0.4, 0.5) is 0 Å². The van der Waals surface area contributed by atoms with Crippen LogP contribution in [0, 0.1) is 11.8 Å². The Morgan fingerprint density at radius 2 is 1.95 bits per heavy atom. The van der Waals surface area contributed by atoms with Gasteiger partial charge < -0.3 is 10.4 Å². The molecule has 3 rings (SSSR count). The lowest BCUT2D eigenvalue weighted by Gasteiger charge is -2.33. The standard InChI is InChI=1S/C15H16BrNO3/c16-12-3-1-2-9-8(12)6-7-13(9)17-14(18)10-4-5-11(10)15(19)20/h1-3,10-11,13H,4-7H2,(H,17,18)(H,19,20). The Morgan fingerprint density at radius 3 is 2.60 bits per heavy atom. The van der Waals surface area contributed by atoms with Gasteiger partial charge in [-0.25, -0.2) is 0 Å². The Morgan fingerprint density at radius 1 is 1.20 bits per heavy atom. The summed E-state index contributed by atoms with van der Waals surface area (Å²) in [5.41, 5.74) is 2.40. The number of halogens is 1. The molecule has 20 heavy (non-hydrogen) atoms. The smallest absolute Gasteiger partial charge is 0.307 e. The minimum atomic E-state index is -0.856. The molecule has 0 aromatic heterocycles. The quantitative estimate of drug-likeness (QED) is 0.890. The van der Waals surface area contributed by atoms with Gasteiger partial charge in [-0.05, 0) is 42.9 Å². The molecule has 3 atom stereocenters. The number of carboxylic acids is 1. The van der Waals surface area contributed by atoms with E-state index in [0.29, 0.717) is 12.8 Å². The van der Waals surface area contributed by atoms with Crippen molar-refractivity contribution in [1.29, 1.82) is 0 Å². The van der Waals surface area contributed by atoms with Crippen molar-refractivity contribution in [2.45, 2.75) is 31.7 Å². The second-order valence-corrected chi connectivity index (χ2v) is 6.39. The molecule has 1 saturated carbocycles. The van der Waals surface area contributed by atoms with Gasteiger partial charge in [-0.1, -0.05) is 28.1 Å². The molecular weight excluding hydrogens is 322 g/mol. The summed E-state index contributed by atoms with van der Waals surface area (Å²) in [6.45, 7) is 0. The van der Waals surface area contributed by atoms with Crippen LogP contribution in [0.1, 0.15) is 36.4 Å². The normalized spacial score (nSPS) is 27.6. The lowest BCUT2D eigenvalue weighted by atomic mass is 9.73. The van der Waals surface area contributed by atoms with Crippen LogP contribution >= 0.6 is 15.9 Å². The van der Waals surface area contributed by atoms with Crippen molar-refractivity contribution in [3.05, 3.63) is 33.8 Å². The predicted molar refractivity (Wildman–Crippen MR) is 77.2 cm³/mol. The summed E-state index contributed by atoms with van der Waals surface area (Å²) in [6, 6.07) is 6.03. The molecule has 0 spiro atoms. The first-order chi connectivity index (χ1) is 9.58. The minimum Gasteiger partial charge on any atom is -0.481 e. The molecule has 0 radical (unpaired) electrons. The summed E-state index contributed by atoms with van der Waals surface area (Å²) < 4.78 is 1.08. The summed E-state index contributed by atoms with van der Waals surface area (Å²) in [4.78, 5) is 23.2. The Balaban J connectivity index is 1.70. The number of amides is 1. The fourth-order valence-corrected chi connectivity index (χ4v) is 3.73. The third-order valence-electron chi connectivity index (χ3n) is 4.46. The first-order valence-electron chi connectivity index (χ1n) is 6.88. The van der Waals surface area contributed by atoms with Crippen LogP contribution in [0.2, 0.25) is 0 Å². The van der Waals surface area contributed by atoms with Crippen molar-refractivity contribution in [3.63, 3.8) is 0 Å². The number of carbonyl (C=O) groups excluding carboxylic acids is 1. The highest BCUT2D eigenvalue weighted by Crippen LogP contribution is 2.38. The number of rotatable bonds is 3. The van der Waals surface area contributed by atoms with E-state index in [9.17, 15) is 9.59 Å². The van der Waals surface area contributed by atoms with E-state index in [1.54, 1.807) is 0 Å². The van der Waals surface area contributed by atoms with Crippen molar-refractivity contribution >= 4 is 27.8 Å². The van der Waals surface area contributed by atoms with Gasteiger partial charge in [-0.15, -0.1) is 0 Å². The molecule has 106 valence electrons. The average Bonchev–Trinajstić information content (AvgIpc) is 2.71. The van der Waals surface area contributed by atoms with Gasteiger partial charge in [-0.3, -0.25) is 9.59 Å². The van der Waals surface area contributed by atoms with Gasteiger partial charge in [0.1, 0.15) is 0 Å². The largest absolute Gasteiger partial charge is 0.481 e. The molecule has 5 heteroatoms. The number of benzene rings is 1. The van der Waals surface area contributed by atoms with E-state index in [1.165, 1.54) is 5.56 Å². The zero-order valence-corrected chi connectivity index (χ0v) is 12.5. The first-order valence-corrected chi connectivity index (χ1v) is 7.67. The predicted octanol–water partition coefficient (Wildman–Crippen LogP) is 2.66. The summed E-state index contributed by atoms with van der Waals surface area (Å²) in [5.74, 6) is -1.82. The lowest BCUT2D eigenvalue weighted by molar-refractivity contribution is -0.153. The van der Waals surface area contributed by atoms with Crippen molar-refractivity contribution in [3.8, 4) is 0 Å². The number of nitrogens with one attached hydrogen (secondary N) is 1. The average molecular weight is 338 g/mol. The maximum atomic E-state index is 12.2. The van der Waals surface area contributed by atoms with Crippen LogP contribution in [0.3, 0.4) is 0 Å². The van der Waals surface area contributed by atoms with E-state index in [1.807, 2.05) is 18.2 Å². The SMILES string of the molecule is O=C(O)C1CCC1C(=O)NC1CCc2c(Br)cccc21. The summed E-state index contributed by atoms with van der Waals surface area (Å²) in [7, 11) is 0. The Hall–Kier alpha value is -1.36. The molecule has 2 aliphatic rings. The van der Waals surface area contributed by atoms with Gasteiger partial charge in [0, 0.05) is 4.47 Å². The molecule has 1 amide bonds. The van der Waals surface area contributed by atoms with Gasteiger partial charge in [0.15, 0.2) is 0 Å². The van der Waals surface area contributed by atoms with Crippen molar-refractivity contribution in [2.75, 3.05) is 0 Å². The molecule has 1 aromatic carbocycles. The number of hydrogen-bond donors (Lipinski definition) is 2. The van der Waals surface area contributed by atoms with E-state index < -0.39 is 11.9 Å². The highest BCUT2D eigenvalue weighted by molar-refractivity contribution is 9.10. The minimum absolute atomic E-state index is 0.0186. The van der Waals surface area contributed by atoms with Crippen LogP contribution < -0.4 is 5.32 Å². The number of carboxylic acid groups (broad SMARTS) is 1. The zero-order chi connectivity index (χ0) is 14.3. The van der Waals surface area contributed by atoms with Crippen molar-refractivity contribution in [2.24, 2.45) is 11.8 Å². The molecule has 1 aromatic rings. The van der Waals surface area contributed by atoms with Crippen LogP contribution in [-0.2, 0) is 16.0 Å². The molecule has 0 heterocycles. The Bertz CT molecular complexity index is 572. The second-order valence-electron chi connectivity index (χ2n) is 5.54. The van der Waals surface area contributed by atoms with E-state index in [0.717, 1.165) is 22.9 Å². The second kappa shape index (κ2) is 5.20. The third-order valence-corrected chi connectivity index (χ3v) is 5.20. The molecule has 2 N–H and O–H groups in total. The maximum Gasteiger partial charge on any atom is 0.307 e. The molecule has 3 unspecified atom stereocenters. The van der Waals surface area contributed by atoms with E-state index >= 15 is 0 Å². The van der Waals surface area contributed by atoms with Crippen LogP contribution in [0.5, 0.6) is 0 Å². The summed E-state index contributed by atoms with van der Waals surface area (Å²) in [5, 5.41) is 12.0. The monoisotopic (exact) mass is 337 g/mol. The number of hydrogen-bond acceptors (Lipinski definition) is 2. The molecule has 0 saturated heterocycles. The van der Waals surface area contributed by atoms with Gasteiger partial charge in [0.2, 0.25) is 5.91 Å². The number of aliphatic carboxylic acids is 1. The van der Waals surface area contributed by atoms with Gasteiger partial charge in [0.05, 0.1) is 17.9 Å². The Kier molecular flexibility index (Phi) is 3.54. The van der Waals surface area contributed by atoms with E-state index in [2.05, 4.69) is 21.2 Å². The highest BCUT2D eigenvalue weighted by Gasteiger charge is 2.42. The molecule has 1 fully saturated rings. The molecule has 0 bridgehead atoms. The van der Waals surface area contributed by atoms with Gasteiger partial charge in [-0.2, -0.15) is 0 Å². The third kappa shape index (κ3) is 2.24. The highest BCUT2D eigenvalue weighted by atomic mass is 79.9. The number of fused-ring (bicyclic) bond motifs is 1. The topological polar surface area (TPSA) is 66.4 Å². The maximum absolute atomic E-state index is 12.2. The van der Waals surface area contributed by atoms with E-state index in [4.69, 9.17) is 5.11 Å². The van der Waals surface area contributed by atoms with Crippen molar-refractivity contribution < 1.29 is 14.7 Å². The molecule has 2 aliphatic carbocycles. The van der Waals surface area contributed by atoms with Crippen LogP contribution in [-0.4, -0.2) is 17.0 Å². The first kappa shape index (κ1) is 13.6. The summed E-state index contributed by atoms with van der Waals surface area (Å²) >= 11 is 3.53. The Labute approximate surface area is 125 Å². The molecule has 0 aliphatic heterocycles.